The summed E-state index contributed by atoms with van der Waals surface area (Å²) >= 11 is 0. The van der Waals surface area contributed by atoms with Crippen molar-refractivity contribution >= 4 is 0 Å². The van der Waals surface area contributed by atoms with Crippen LogP contribution < -0.4 is 5.32 Å². The van der Waals surface area contributed by atoms with Crippen LogP contribution in [0.1, 0.15) is 64.1 Å². The van der Waals surface area contributed by atoms with E-state index in [0.29, 0.717) is 23.9 Å². The minimum atomic E-state index is 0.241. The first-order chi connectivity index (χ1) is 9.63. The first-order valence-corrected chi connectivity index (χ1v) is 7.83. The number of aliphatic hydroxyl groups excluding tert-OH is 1. The topological polar surface area (TPSA) is 71.2 Å². The summed E-state index contributed by atoms with van der Waals surface area (Å²) in [5.74, 6) is 2.35. The van der Waals surface area contributed by atoms with Gasteiger partial charge in [0, 0.05) is 31.0 Å². The SMILES string of the molecule is CCc1noc(C2CCC(NC(C)C(C)CO)CC2)n1. The maximum absolute atomic E-state index is 9.18. The van der Waals surface area contributed by atoms with Gasteiger partial charge >= 0.3 is 0 Å². The molecule has 0 spiro atoms. The van der Waals surface area contributed by atoms with Gasteiger partial charge < -0.3 is 14.9 Å². The van der Waals surface area contributed by atoms with Crippen LogP contribution in [0.2, 0.25) is 0 Å². The molecule has 0 radical (unpaired) electrons. The van der Waals surface area contributed by atoms with E-state index in [4.69, 9.17) is 4.52 Å². The maximum Gasteiger partial charge on any atom is 0.229 e. The fourth-order valence-corrected chi connectivity index (χ4v) is 2.78. The highest BCUT2D eigenvalue weighted by molar-refractivity contribution is 4.97. The Balaban J connectivity index is 1.80. The van der Waals surface area contributed by atoms with Gasteiger partial charge in [0.15, 0.2) is 5.82 Å². The maximum atomic E-state index is 9.18. The lowest BCUT2D eigenvalue weighted by atomic mass is 9.85. The molecular formula is C15H27N3O2. The van der Waals surface area contributed by atoms with E-state index in [0.717, 1.165) is 43.8 Å². The number of nitrogens with one attached hydrogen (secondary N) is 1. The van der Waals surface area contributed by atoms with Crippen LogP contribution in [0.4, 0.5) is 0 Å². The van der Waals surface area contributed by atoms with Crippen molar-refractivity contribution in [2.45, 2.75) is 70.9 Å². The lowest BCUT2D eigenvalue weighted by molar-refractivity contribution is 0.189. The Labute approximate surface area is 121 Å². The van der Waals surface area contributed by atoms with Gasteiger partial charge in [0.1, 0.15) is 0 Å². The van der Waals surface area contributed by atoms with Gasteiger partial charge in [-0.15, -0.1) is 0 Å². The second kappa shape index (κ2) is 7.18. The summed E-state index contributed by atoms with van der Waals surface area (Å²) in [5, 5.41) is 16.8. The second-order valence-electron chi connectivity index (χ2n) is 6.07. The molecule has 0 bridgehead atoms. The molecule has 2 rings (SSSR count). The fraction of sp³-hybridized carbons (Fsp3) is 0.867. The second-order valence-corrected chi connectivity index (χ2v) is 6.07. The van der Waals surface area contributed by atoms with Crippen molar-refractivity contribution in [1.82, 2.24) is 15.5 Å². The number of aryl methyl sites for hydroxylation is 1. The lowest BCUT2D eigenvalue weighted by Crippen LogP contribution is -2.42. The highest BCUT2D eigenvalue weighted by atomic mass is 16.5. The Bertz CT molecular complexity index is 400. The molecule has 2 unspecified atom stereocenters. The Morgan fingerprint density at radius 2 is 2.00 bits per heavy atom. The van der Waals surface area contributed by atoms with E-state index in [2.05, 4.69) is 29.3 Å². The average molecular weight is 281 g/mol. The van der Waals surface area contributed by atoms with Crippen LogP contribution in [0.15, 0.2) is 4.52 Å². The molecule has 1 aromatic rings. The summed E-state index contributed by atoms with van der Waals surface area (Å²) in [7, 11) is 0. The Morgan fingerprint density at radius 3 is 2.55 bits per heavy atom. The van der Waals surface area contributed by atoms with Gasteiger partial charge in [-0.2, -0.15) is 4.98 Å². The van der Waals surface area contributed by atoms with E-state index in [1.165, 1.54) is 0 Å². The van der Waals surface area contributed by atoms with Crippen LogP contribution in [0.5, 0.6) is 0 Å². The predicted octanol–water partition coefficient (Wildman–Crippen LogP) is 2.26. The van der Waals surface area contributed by atoms with E-state index in [1.54, 1.807) is 0 Å². The third kappa shape index (κ3) is 3.79. The van der Waals surface area contributed by atoms with Crippen LogP contribution in [-0.4, -0.2) is 33.9 Å². The van der Waals surface area contributed by atoms with Crippen LogP contribution >= 0.6 is 0 Å². The normalized spacial score (nSPS) is 26.4. The smallest absolute Gasteiger partial charge is 0.229 e. The molecule has 2 N–H and O–H groups in total. The predicted molar refractivity (Wildman–Crippen MR) is 77.5 cm³/mol. The van der Waals surface area contributed by atoms with Crippen molar-refractivity contribution in [1.29, 1.82) is 0 Å². The van der Waals surface area contributed by atoms with Crippen molar-refractivity contribution in [3.63, 3.8) is 0 Å². The number of hydrogen-bond donors (Lipinski definition) is 2. The summed E-state index contributed by atoms with van der Waals surface area (Å²) in [6.07, 6.45) is 5.30. The molecule has 1 heterocycles. The zero-order valence-electron chi connectivity index (χ0n) is 12.8. The molecule has 0 aromatic carbocycles. The largest absolute Gasteiger partial charge is 0.396 e. The highest BCUT2D eigenvalue weighted by Gasteiger charge is 2.27. The molecule has 1 aliphatic carbocycles. The first kappa shape index (κ1) is 15.4. The molecule has 114 valence electrons. The standard InChI is InChI=1S/C15H27N3O2/c1-4-14-17-15(20-18-14)12-5-7-13(8-6-12)16-11(3)10(2)9-19/h10-13,16,19H,4-9H2,1-3H3. The molecule has 5 heteroatoms. The quantitative estimate of drug-likeness (QED) is 0.837. The minimum absolute atomic E-state index is 0.241. The lowest BCUT2D eigenvalue weighted by Gasteiger charge is -2.31. The van der Waals surface area contributed by atoms with Crippen LogP contribution in [-0.2, 0) is 6.42 Å². The van der Waals surface area contributed by atoms with Crippen LogP contribution in [0, 0.1) is 5.92 Å². The number of rotatable bonds is 6. The minimum Gasteiger partial charge on any atom is -0.396 e. The van der Waals surface area contributed by atoms with Crippen molar-refractivity contribution in [2.75, 3.05) is 6.61 Å². The molecule has 0 amide bonds. The molecule has 1 saturated carbocycles. The van der Waals surface area contributed by atoms with Gasteiger partial charge in [-0.3, -0.25) is 0 Å². The van der Waals surface area contributed by atoms with Crippen molar-refractivity contribution < 1.29 is 9.63 Å². The van der Waals surface area contributed by atoms with Gasteiger partial charge in [-0.05, 0) is 38.5 Å². The number of aliphatic hydroxyl groups is 1. The number of nitrogens with zero attached hydrogens (tertiary/aromatic N) is 2. The van der Waals surface area contributed by atoms with Crippen LogP contribution in [0.3, 0.4) is 0 Å². The zero-order chi connectivity index (χ0) is 14.5. The molecule has 1 aliphatic rings. The van der Waals surface area contributed by atoms with Gasteiger partial charge in [0.2, 0.25) is 5.89 Å². The molecule has 20 heavy (non-hydrogen) atoms. The molecule has 5 nitrogen and oxygen atoms in total. The number of aromatic nitrogens is 2. The fourth-order valence-electron chi connectivity index (χ4n) is 2.78. The third-order valence-corrected chi connectivity index (χ3v) is 4.52. The molecule has 1 fully saturated rings. The summed E-state index contributed by atoms with van der Waals surface area (Å²) < 4.78 is 5.35. The Morgan fingerprint density at radius 1 is 1.30 bits per heavy atom. The van der Waals surface area contributed by atoms with E-state index in [1.807, 2.05) is 6.92 Å². The Kier molecular flexibility index (Phi) is 5.54. The number of hydrogen-bond acceptors (Lipinski definition) is 5. The summed E-state index contributed by atoms with van der Waals surface area (Å²) in [5.41, 5.74) is 0. The molecule has 0 aliphatic heterocycles. The zero-order valence-corrected chi connectivity index (χ0v) is 12.8. The van der Waals surface area contributed by atoms with E-state index >= 15 is 0 Å². The molecule has 2 atom stereocenters. The molecule has 0 saturated heterocycles. The Hall–Kier alpha value is -0.940. The van der Waals surface area contributed by atoms with Gasteiger partial charge in [0.25, 0.3) is 0 Å². The summed E-state index contributed by atoms with van der Waals surface area (Å²) in [6.45, 7) is 6.51. The van der Waals surface area contributed by atoms with E-state index in [-0.39, 0.29) is 6.61 Å². The van der Waals surface area contributed by atoms with Crippen molar-refractivity contribution in [3.8, 4) is 0 Å². The molecular weight excluding hydrogens is 254 g/mol. The van der Waals surface area contributed by atoms with Crippen molar-refractivity contribution in [2.24, 2.45) is 5.92 Å². The summed E-state index contributed by atoms with van der Waals surface area (Å²) in [6, 6.07) is 0.903. The van der Waals surface area contributed by atoms with Gasteiger partial charge in [0.05, 0.1) is 0 Å². The highest BCUT2D eigenvalue weighted by Crippen LogP contribution is 2.32. The van der Waals surface area contributed by atoms with Crippen LogP contribution in [0.25, 0.3) is 0 Å². The third-order valence-electron chi connectivity index (χ3n) is 4.52. The average Bonchev–Trinajstić information content (AvgIpc) is 2.96. The van der Waals surface area contributed by atoms with Crippen molar-refractivity contribution in [3.05, 3.63) is 11.7 Å². The van der Waals surface area contributed by atoms with Gasteiger partial charge in [-0.1, -0.05) is 19.0 Å². The van der Waals surface area contributed by atoms with E-state index < -0.39 is 0 Å². The monoisotopic (exact) mass is 281 g/mol. The molecule has 1 aromatic heterocycles. The summed E-state index contributed by atoms with van der Waals surface area (Å²) in [4.78, 5) is 4.45. The van der Waals surface area contributed by atoms with Gasteiger partial charge in [-0.25, -0.2) is 0 Å². The first-order valence-electron chi connectivity index (χ1n) is 7.83. The van der Waals surface area contributed by atoms with E-state index in [9.17, 15) is 5.11 Å².